The number of hydrogen-bond acceptors (Lipinski definition) is 6. The van der Waals surface area contributed by atoms with Crippen LogP contribution >= 0.6 is 11.6 Å². The van der Waals surface area contributed by atoms with Gasteiger partial charge in [-0.2, -0.15) is 5.26 Å². The lowest BCUT2D eigenvalue weighted by Crippen LogP contribution is -2.49. The quantitative estimate of drug-likeness (QED) is 0.620. The predicted molar refractivity (Wildman–Crippen MR) is 119 cm³/mol. The Labute approximate surface area is 185 Å². The summed E-state index contributed by atoms with van der Waals surface area (Å²) in [6.07, 6.45) is 1.59. The van der Waals surface area contributed by atoms with Crippen molar-refractivity contribution in [3.63, 3.8) is 0 Å². The van der Waals surface area contributed by atoms with Gasteiger partial charge in [0, 0.05) is 48.3 Å². The lowest BCUT2D eigenvalue weighted by Gasteiger charge is -2.37. The highest BCUT2D eigenvalue weighted by molar-refractivity contribution is 6.31. The normalized spacial score (nSPS) is 13.7. The number of benzene rings is 2. The van der Waals surface area contributed by atoms with Crippen LogP contribution in [-0.2, 0) is 0 Å². The summed E-state index contributed by atoms with van der Waals surface area (Å²) in [5.74, 6) is 1.03. The summed E-state index contributed by atoms with van der Waals surface area (Å²) in [4.78, 5) is 21.3. The molecule has 1 aliphatic rings. The van der Waals surface area contributed by atoms with Gasteiger partial charge in [-0.1, -0.05) is 11.6 Å². The monoisotopic (exact) mass is 436 g/mol. The van der Waals surface area contributed by atoms with E-state index in [1.807, 2.05) is 12.1 Å². The van der Waals surface area contributed by atoms with Gasteiger partial charge >= 0.3 is 0 Å². The smallest absolute Gasteiger partial charge is 0.254 e. The van der Waals surface area contributed by atoms with Crippen molar-refractivity contribution >= 4 is 34.1 Å². The van der Waals surface area contributed by atoms with Gasteiger partial charge in [-0.15, -0.1) is 0 Å². The van der Waals surface area contributed by atoms with Gasteiger partial charge in [0.1, 0.15) is 6.07 Å². The minimum absolute atomic E-state index is 0.0660. The van der Waals surface area contributed by atoms with E-state index in [1.54, 1.807) is 49.6 Å². The number of pyridine rings is 1. The van der Waals surface area contributed by atoms with Gasteiger partial charge in [0.05, 0.1) is 31.0 Å². The number of nitrogens with zero attached hydrogens (tertiary/aromatic N) is 4. The van der Waals surface area contributed by atoms with Crippen LogP contribution in [-0.4, -0.2) is 56.2 Å². The van der Waals surface area contributed by atoms with Crippen LogP contribution in [0, 0.1) is 11.3 Å². The number of carbonyl (C=O) groups excluding carboxylic acids is 1. The number of piperazine rings is 1. The average Bonchev–Trinajstić information content (AvgIpc) is 2.82. The molecule has 1 aromatic heterocycles. The van der Waals surface area contributed by atoms with Crippen molar-refractivity contribution < 1.29 is 14.3 Å². The minimum atomic E-state index is -0.0660. The molecule has 1 saturated heterocycles. The summed E-state index contributed by atoms with van der Waals surface area (Å²) in [5, 5.41) is 11.1. The molecule has 0 N–H and O–H groups in total. The van der Waals surface area contributed by atoms with E-state index >= 15 is 0 Å². The van der Waals surface area contributed by atoms with E-state index in [0.717, 1.165) is 16.6 Å². The van der Waals surface area contributed by atoms with Gasteiger partial charge in [-0.05, 0) is 36.4 Å². The molecular formula is C23H21ClN4O3. The zero-order chi connectivity index (χ0) is 22.0. The Balaban J connectivity index is 1.56. The molecule has 0 spiro atoms. The molecule has 0 radical (unpaired) electrons. The number of rotatable bonds is 4. The van der Waals surface area contributed by atoms with Crippen LogP contribution in [0.2, 0.25) is 5.02 Å². The Morgan fingerprint density at radius 1 is 1.06 bits per heavy atom. The van der Waals surface area contributed by atoms with Crippen LogP contribution in [0.1, 0.15) is 15.9 Å². The molecule has 0 bridgehead atoms. The Kier molecular flexibility index (Phi) is 5.83. The van der Waals surface area contributed by atoms with Crippen LogP contribution in [0.25, 0.3) is 10.9 Å². The number of fused-ring (bicyclic) bond motifs is 1. The van der Waals surface area contributed by atoms with Crippen molar-refractivity contribution in [1.29, 1.82) is 5.26 Å². The zero-order valence-corrected chi connectivity index (χ0v) is 18.0. The number of carbonyl (C=O) groups is 1. The number of methoxy groups -OCH3 is 2. The van der Waals surface area contributed by atoms with E-state index in [2.05, 4.69) is 16.0 Å². The Morgan fingerprint density at radius 2 is 1.81 bits per heavy atom. The summed E-state index contributed by atoms with van der Waals surface area (Å²) in [6, 6.07) is 12.9. The van der Waals surface area contributed by atoms with Gasteiger partial charge in [-0.3, -0.25) is 9.78 Å². The number of ether oxygens (including phenoxy) is 2. The molecule has 158 valence electrons. The maximum Gasteiger partial charge on any atom is 0.254 e. The second kappa shape index (κ2) is 8.70. The first kappa shape index (κ1) is 20.8. The molecule has 3 aromatic rings. The summed E-state index contributed by atoms with van der Waals surface area (Å²) >= 11 is 6.20. The van der Waals surface area contributed by atoms with Gasteiger partial charge in [0.2, 0.25) is 0 Å². The fourth-order valence-corrected chi connectivity index (χ4v) is 4.03. The standard InChI is InChI=1S/C23H21ClN4O3/c1-30-20-6-3-15(11-21(20)31-2)23(29)28-9-7-27(8-10-28)22-16(13-25)14-26-19-5-4-17(24)12-18(19)22/h3-6,11-12,14H,7-10H2,1-2H3. The number of aromatic nitrogens is 1. The van der Waals surface area contributed by atoms with E-state index in [4.69, 9.17) is 21.1 Å². The number of amides is 1. The van der Waals surface area contributed by atoms with Crippen molar-refractivity contribution in [3.8, 4) is 17.6 Å². The number of halogens is 1. The molecule has 1 aliphatic heterocycles. The highest BCUT2D eigenvalue weighted by Gasteiger charge is 2.25. The Bertz CT molecular complexity index is 1180. The summed E-state index contributed by atoms with van der Waals surface area (Å²) in [5.41, 5.74) is 2.63. The summed E-state index contributed by atoms with van der Waals surface area (Å²) < 4.78 is 10.6. The first-order valence-electron chi connectivity index (χ1n) is 9.80. The third-order valence-electron chi connectivity index (χ3n) is 5.44. The second-order valence-electron chi connectivity index (χ2n) is 7.14. The fourth-order valence-electron chi connectivity index (χ4n) is 3.86. The van der Waals surface area contributed by atoms with E-state index in [1.165, 1.54) is 0 Å². The maximum atomic E-state index is 13.0. The third kappa shape index (κ3) is 3.94. The van der Waals surface area contributed by atoms with Gasteiger partial charge in [0.15, 0.2) is 11.5 Å². The van der Waals surface area contributed by atoms with Gasteiger partial charge in [-0.25, -0.2) is 0 Å². The van der Waals surface area contributed by atoms with E-state index in [0.29, 0.717) is 53.8 Å². The average molecular weight is 437 g/mol. The molecule has 0 atom stereocenters. The van der Waals surface area contributed by atoms with Crippen molar-refractivity contribution in [2.45, 2.75) is 0 Å². The first-order chi connectivity index (χ1) is 15.0. The predicted octanol–water partition coefficient (Wildman–Crippen LogP) is 3.74. The topological polar surface area (TPSA) is 78.7 Å². The van der Waals surface area contributed by atoms with E-state index < -0.39 is 0 Å². The minimum Gasteiger partial charge on any atom is -0.493 e. The maximum absolute atomic E-state index is 13.0. The molecule has 2 heterocycles. The van der Waals surface area contributed by atoms with Crippen LogP contribution in [0.15, 0.2) is 42.6 Å². The highest BCUT2D eigenvalue weighted by atomic mass is 35.5. The molecule has 1 amide bonds. The van der Waals surface area contributed by atoms with Crippen molar-refractivity contribution in [1.82, 2.24) is 9.88 Å². The van der Waals surface area contributed by atoms with Crippen molar-refractivity contribution in [3.05, 3.63) is 58.7 Å². The van der Waals surface area contributed by atoms with Crippen LogP contribution in [0.5, 0.6) is 11.5 Å². The number of hydrogen-bond donors (Lipinski definition) is 0. The summed E-state index contributed by atoms with van der Waals surface area (Å²) in [6.45, 7) is 2.25. The molecule has 8 heteroatoms. The molecule has 0 unspecified atom stereocenters. The molecule has 2 aromatic carbocycles. The molecule has 0 saturated carbocycles. The highest BCUT2D eigenvalue weighted by Crippen LogP contribution is 2.32. The van der Waals surface area contributed by atoms with Crippen LogP contribution < -0.4 is 14.4 Å². The fraction of sp³-hybridized carbons (Fsp3) is 0.261. The largest absolute Gasteiger partial charge is 0.493 e. The number of nitriles is 1. The molecule has 4 rings (SSSR count). The van der Waals surface area contributed by atoms with E-state index in [9.17, 15) is 10.1 Å². The van der Waals surface area contributed by atoms with Crippen LogP contribution in [0.3, 0.4) is 0 Å². The Morgan fingerprint density at radius 3 is 2.48 bits per heavy atom. The van der Waals surface area contributed by atoms with Crippen molar-refractivity contribution in [2.75, 3.05) is 45.3 Å². The molecule has 1 fully saturated rings. The molecule has 0 aliphatic carbocycles. The van der Waals surface area contributed by atoms with Crippen molar-refractivity contribution in [2.24, 2.45) is 0 Å². The van der Waals surface area contributed by atoms with Gasteiger partial charge in [0.25, 0.3) is 5.91 Å². The van der Waals surface area contributed by atoms with Gasteiger partial charge < -0.3 is 19.3 Å². The second-order valence-corrected chi connectivity index (χ2v) is 7.58. The third-order valence-corrected chi connectivity index (χ3v) is 5.67. The molecular weight excluding hydrogens is 416 g/mol. The lowest BCUT2D eigenvalue weighted by molar-refractivity contribution is 0.0746. The SMILES string of the molecule is COc1ccc(C(=O)N2CCN(c3c(C#N)cnc4ccc(Cl)cc34)CC2)cc1OC. The Hall–Kier alpha value is -3.50. The summed E-state index contributed by atoms with van der Waals surface area (Å²) in [7, 11) is 3.10. The zero-order valence-electron chi connectivity index (χ0n) is 17.3. The molecule has 7 nitrogen and oxygen atoms in total. The lowest BCUT2D eigenvalue weighted by atomic mass is 10.1. The van der Waals surface area contributed by atoms with Crippen LogP contribution in [0.4, 0.5) is 5.69 Å². The van der Waals surface area contributed by atoms with E-state index in [-0.39, 0.29) is 5.91 Å². The molecule has 31 heavy (non-hydrogen) atoms. The first-order valence-corrected chi connectivity index (χ1v) is 10.2. The number of anilines is 1.